The van der Waals surface area contributed by atoms with Crippen LogP contribution >= 0.6 is 21.8 Å². The predicted octanol–water partition coefficient (Wildman–Crippen LogP) is 2.03. The Hall–Kier alpha value is -0.160. The number of hydrogen-bond donors (Lipinski definition) is 1. The number of hydrazine groups is 1. The van der Waals surface area contributed by atoms with Gasteiger partial charge in [0.15, 0.2) is 0 Å². The molecule has 0 radical (unpaired) electrons. The lowest BCUT2D eigenvalue weighted by atomic mass is 10.2. The molecule has 2 rings (SSSR count). The largest absolute Gasteiger partial charge is 0.258 e. The van der Waals surface area contributed by atoms with Crippen LogP contribution in [0.15, 0.2) is 29.2 Å². The Morgan fingerprint density at radius 2 is 2.18 bits per heavy atom. The monoisotopic (exact) mass is 184 g/mol. The van der Waals surface area contributed by atoms with Crippen LogP contribution in [0, 0.1) is 0 Å². The normalized spacial score (nSPS) is 17.9. The second-order valence-corrected chi connectivity index (χ2v) is 4.51. The molecule has 0 saturated heterocycles. The minimum absolute atomic E-state index is 0.841. The Morgan fingerprint density at radius 3 is 3.09 bits per heavy atom. The third-order valence-electron chi connectivity index (χ3n) is 1.52. The van der Waals surface area contributed by atoms with Crippen LogP contribution < -0.4 is 5.84 Å². The molecule has 1 aliphatic heterocycles. The number of benzene rings is 1. The molecule has 11 heavy (non-hydrogen) atoms. The van der Waals surface area contributed by atoms with E-state index < -0.39 is 0 Å². The minimum atomic E-state index is 0.841. The average molecular weight is 184 g/mol. The van der Waals surface area contributed by atoms with Gasteiger partial charge in [0.2, 0.25) is 0 Å². The maximum Gasteiger partial charge on any atom is 0.0513 e. The van der Waals surface area contributed by atoms with Crippen molar-refractivity contribution in [1.82, 2.24) is 4.41 Å². The molecule has 0 amide bonds. The summed E-state index contributed by atoms with van der Waals surface area (Å²) < 4.78 is 1.74. The zero-order chi connectivity index (χ0) is 7.68. The van der Waals surface area contributed by atoms with Crippen LogP contribution in [0.3, 0.4) is 0 Å². The van der Waals surface area contributed by atoms with Gasteiger partial charge in [-0.2, -0.15) is 4.41 Å². The fourth-order valence-electron chi connectivity index (χ4n) is 0.998. The summed E-state index contributed by atoms with van der Waals surface area (Å²) >= 11 is 0. The Bertz CT molecular complexity index is 264. The van der Waals surface area contributed by atoms with Crippen LogP contribution in [0.25, 0.3) is 0 Å². The fourth-order valence-corrected chi connectivity index (χ4v) is 2.91. The van der Waals surface area contributed by atoms with Crippen molar-refractivity contribution in [2.75, 3.05) is 0 Å². The van der Waals surface area contributed by atoms with Crippen LogP contribution in [0.4, 0.5) is 0 Å². The highest BCUT2D eigenvalue weighted by molar-refractivity contribution is 8.75. The maximum absolute atomic E-state index is 5.63. The van der Waals surface area contributed by atoms with E-state index in [2.05, 4.69) is 18.2 Å². The molecule has 0 saturated carbocycles. The Morgan fingerprint density at radius 1 is 1.36 bits per heavy atom. The van der Waals surface area contributed by atoms with Crippen molar-refractivity contribution in [3.05, 3.63) is 29.8 Å². The van der Waals surface area contributed by atoms with E-state index in [9.17, 15) is 0 Å². The molecule has 1 aromatic carbocycles. The van der Waals surface area contributed by atoms with E-state index in [4.69, 9.17) is 5.84 Å². The predicted molar refractivity (Wildman–Crippen MR) is 49.6 cm³/mol. The molecule has 2 nitrogen and oxygen atoms in total. The number of nitrogens with zero attached hydrogens (tertiary/aromatic N) is 1. The first-order valence-electron chi connectivity index (χ1n) is 3.31. The highest BCUT2D eigenvalue weighted by Crippen LogP contribution is 2.39. The van der Waals surface area contributed by atoms with Gasteiger partial charge in [-0.15, -0.1) is 0 Å². The smallest absolute Gasteiger partial charge is 0.0513 e. The first-order chi connectivity index (χ1) is 5.36. The van der Waals surface area contributed by atoms with Gasteiger partial charge in [0.1, 0.15) is 0 Å². The molecule has 58 valence electrons. The molecule has 0 aliphatic carbocycles. The van der Waals surface area contributed by atoms with Crippen LogP contribution in [-0.4, -0.2) is 4.41 Å². The van der Waals surface area contributed by atoms with E-state index in [1.54, 1.807) is 26.2 Å². The molecular formula is C7H8N2S2. The van der Waals surface area contributed by atoms with E-state index >= 15 is 0 Å². The summed E-state index contributed by atoms with van der Waals surface area (Å²) in [4.78, 5) is 1.33. The first-order valence-corrected chi connectivity index (χ1v) is 5.42. The van der Waals surface area contributed by atoms with Gasteiger partial charge >= 0.3 is 0 Å². The van der Waals surface area contributed by atoms with Crippen molar-refractivity contribution in [3.8, 4) is 0 Å². The standard InChI is InChI=1S/C7H8N2S2/c8-9-5-6-3-1-2-4-7(6)10-11-9/h1-4H,5,8H2. The number of hydrogen-bond acceptors (Lipinski definition) is 4. The van der Waals surface area contributed by atoms with Crippen molar-refractivity contribution in [2.24, 2.45) is 5.84 Å². The van der Waals surface area contributed by atoms with Gasteiger partial charge in [0, 0.05) is 15.9 Å². The van der Waals surface area contributed by atoms with Crippen LogP contribution in [0.5, 0.6) is 0 Å². The molecule has 0 aromatic heterocycles. The maximum atomic E-state index is 5.63. The minimum Gasteiger partial charge on any atom is -0.258 e. The third kappa shape index (κ3) is 1.54. The van der Waals surface area contributed by atoms with E-state index in [0.29, 0.717) is 0 Å². The van der Waals surface area contributed by atoms with Gasteiger partial charge in [0.25, 0.3) is 0 Å². The van der Waals surface area contributed by atoms with E-state index in [-0.39, 0.29) is 0 Å². The van der Waals surface area contributed by atoms with Gasteiger partial charge in [-0.1, -0.05) is 18.2 Å². The van der Waals surface area contributed by atoms with Crippen LogP contribution in [0.2, 0.25) is 0 Å². The highest BCUT2D eigenvalue weighted by atomic mass is 33.1. The molecular weight excluding hydrogens is 176 g/mol. The lowest BCUT2D eigenvalue weighted by molar-refractivity contribution is 0.492. The van der Waals surface area contributed by atoms with Crippen molar-refractivity contribution in [2.45, 2.75) is 11.4 Å². The van der Waals surface area contributed by atoms with Crippen LogP contribution in [0.1, 0.15) is 5.56 Å². The number of rotatable bonds is 0. The summed E-state index contributed by atoms with van der Waals surface area (Å²) in [5.41, 5.74) is 1.32. The molecule has 1 aliphatic rings. The Balaban J connectivity index is 2.34. The first kappa shape index (κ1) is 7.49. The summed E-state index contributed by atoms with van der Waals surface area (Å²) in [6.07, 6.45) is 0. The lowest BCUT2D eigenvalue weighted by Gasteiger charge is -2.21. The SMILES string of the molecule is NN1Cc2ccccc2SS1. The molecule has 2 N–H and O–H groups in total. The second-order valence-electron chi connectivity index (χ2n) is 2.34. The van der Waals surface area contributed by atoms with Crippen molar-refractivity contribution in [3.63, 3.8) is 0 Å². The summed E-state index contributed by atoms with van der Waals surface area (Å²) in [6, 6.07) is 8.34. The van der Waals surface area contributed by atoms with Gasteiger partial charge in [0.05, 0.1) is 6.54 Å². The average Bonchev–Trinajstić information content (AvgIpc) is 2.04. The number of nitrogens with two attached hydrogens (primary N) is 1. The van der Waals surface area contributed by atoms with E-state index in [1.165, 1.54) is 10.5 Å². The summed E-state index contributed by atoms with van der Waals surface area (Å²) in [6.45, 7) is 0.841. The topological polar surface area (TPSA) is 29.3 Å². The molecule has 4 heteroatoms. The van der Waals surface area contributed by atoms with Crippen molar-refractivity contribution < 1.29 is 0 Å². The lowest BCUT2D eigenvalue weighted by Crippen LogP contribution is -2.23. The van der Waals surface area contributed by atoms with E-state index in [1.807, 2.05) is 6.07 Å². The van der Waals surface area contributed by atoms with Crippen molar-refractivity contribution >= 4 is 21.8 Å². The summed E-state index contributed by atoms with van der Waals surface area (Å²) in [5, 5.41) is 0. The summed E-state index contributed by atoms with van der Waals surface area (Å²) in [5.74, 6) is 5.63. The van der Waals surface area contributed by atoms with Crippen LogP contribution in [-0.2, 0) is 6.54 Å². The third-order valence-corrected chi connectivity index (χ3v) is 3.83. The molecule has 0 bridgehead atoms. The highest BCUT2D eigenvalue weighted by Gasteiger charge is 2.13. The van der Waals surface area contributed by atoms with E-state index in [0.717, 1.165) is 6.54 Å². The molecule has 0 spiro atoms. The van der Waals surface area contributed by atoms with Gasteiger partial charge in [-0.05, 0) is 22.4 Å². The van der Waals surface area contributed by atoms with Gasteiger partial charge in [-0.25, -0.2) is 0 Å². The second kappa shape index (κ2) is 3.06. The number of fused-ring (bicyclic) bond motifs is 1. The summed E-state index contributed by atoms with van der Waals surface area (Å²) in [7, 11) is 3.30. The molecule has 0 unspecified atom stereocenters. The molecule has 0 fully saturated rings. The Labute approximate surface area is 73.6 Å². The fraction of sp³-hybridized carbons (Fsp3) is 0.143. The zero-order valence-corrected chi connectivity index (χ0v) is 7.49. The quantitative estimate of drug-likeness (QED) is 0.379. The van der Waals surface area contributed by atoms with Gasteiger partial charge < -0.3 is 0 Å². The Kier molecular flexibility index (Phi) is 2.09. The molecule has 1 aromatic rings. The molecule has 1 heterocycles. The zero-order valence-electron chi connectivity index (χ0n) is 5.86. The van der Waals surface area contributed by atoms with Crippen molar-refractivity contribution in [1.29, 1.82) is 0 Å². The van der Waals surface area contributed by atoms with Gasteiger partial charge in [-0.3, -0.25) is 5.84 Å². The molecule has 0 atom stereocenters.